The van der Waals surface area contributed by atoms with Crippen molar-refractivity contribution in [2.24, 2.45) is 4.99 Å². The van der Waals surface area contributed by atoms with Crippen LogP contribution in [0.3, 0.4) is 0 Å². The number of aliphatic hydroxyl groups is 1. The monoisotopic (exact) mass is 397 g/mol. The van der Waals surface area contributed by atoms with Crippen LogP contribution in [-0.4, -0.2) is 36.3 Å². The number of nitrogens with zero attached hydrogens (tertiary/aromatic N) is 1. The van der Waals surface area contributed by atoms with Gasteiger partial charge in [0.15, 0.2) is 5.96 Å². The van der Waals surface area contributed by atoms with E-state index in [2.05, 4.69) is 29.5 Å². The Bertz CT molecular complexity index is 266. The summed E-state index contributed by atoms with van der Waals surface area (Å²) in [6, 6.07) is 0. The predicted octanol–water partition coefficient (Wildman–Crippen LogP) is 3.04. The number of halogens is 1. The molecule has 1 fully saturated rings. The molecule has 4 nitrogen and oxygen atoms in total. The standard InChI is InChI=1S/C15H31N3O.HI/c1-3-5-6-9-12-17-14(16-4-2)18-13-15(19)10-7-8-11-15;/h19H,3-13H2,1-2H3,(H2,16,17,18);1H. The Morgan fingerprint density at radius 3 is 2.40 bits per heavy atom. The van der Waals surface area contributed by atoms with Crippen molar-refractivity contribution in [2.75, 3.05) is 19.6 Å². The highest BCUT2D eigenvalue weighted by molar-refractivity contribution is 14.0. The normalized spacial score (nSPS) is 17.6. The summed E-state index contributed by atoms with van der Waals surface area (Å²) in [5, 5.41) is 16.9. The minimum atomic E-state index is -0.551. The number of rotatable bonds is 8. The van der Waals surface area contributed by atoms with Crippen LogP contribution in [0.1, 0.15) is 65.2 Å². The zero-order chi connectivity index (χ0) is 14.0. The number of hydrogen-bond donors (Lipinski definition) is 3. The highest BCUT2D eigenvalue weighted by Crippen LogP contribution is 2.29. The van der Waals surface area contributed by atoms with Gasteiger partial charge in [-0.2, -0.15) is 0 Å². The number of nitrogens with one attached hydrogen (secondary N) is 2. The third kappa shape index (κ3) is 8.29. The van der Waals surface area contributed by atoms with Crippen molar-refractivity contribution in [2.45, 2.75) is 70.8 Å². The first kappa shape index (κ1) is 20.0. The first-order valence-corrected chi connectivity index (χ1v) is 7.95. The Balaban J connectivity index is 0.00000361. The van der Waals surface area contributed by atoms with Gasteiger partial charge < -0.3 is 15.7 Å². The zero-order valence-electron chi connectivity index (χ0n) is 13.1. The summed E-state index contributed by atoms with van der Waals surface area (Å²) in [5.74, 6) is 0.847. The molecule has 0 aromatic carbocycles. The van der Waals surface area contributed by atoms with Crippen LogP contribution in [0.25, 0.3) is 0 Å². The highest BCUT2D eigenvalue weighted by atomic mass is 127. The summed E-state index contributed by atoms with van der Waals surface area (Å²) in [7, 11) is 0. The Labute approximate surface area is 141 Å². The summed E-state index contributed by atoms with van der Waals surface area (Å²) in [4.78, 5) is 4.53. The molecule has 0 aromatic rings. The summed E-state index contributed by atoms with van der Waals surface area (Å²) in [5.41, 5.74) is -0.551. The van der Waals surface area contributed by atoms with Crippen molar-refractivity contribution in [3.8, 4) is 0 Å². The molecular weight excluding hydrogens is 365 g/mol. The second-order valence-electron chi connectivity index (χ2n) is 5.61. The third-order valence-electron chi connectivity index (χ3n) is 3.73. The fraction of sp³-hybridized carbons (Fsp3) is 0.933. The molecule has 1 aliphatic rings. The first-order valence-electron chi connectivity index (χ1n) is 7.95. The molecule has 0 amide bonds. The summed E-state index contributed by atoms with van der Waals surface area (Å²) >= 11 is 0. The molecule has 5 heteroatoms. The van der Waals surface area contributed by atoms with Gasteiger partial charge in [0.05, 0.1) is 12.1 Å². The van der Waals surface area contributed by atoms with Crippen LogP contribution in [0, 0.1) is 0 Å². The van der Waals surface area contributed by atoms with Gasteiger partial charge in [-0.05, 0) is 26.2 Å². The maximum Gasteiger partial charge on any atom is 0.191 e. The zero-order valence-corrected chi connectivity index (χ0v) is 15.4. The van der Waals surface area contributed by atoms with E-state index >= 15 is 0 Å². The molecule has 0 radical (unpaired) electrons. The SMILES string of the molecule is CCCCCCNC(=NCC1(O)CCCC1)NCC.I. The number of hydrogen-bond acceptors (Lipinski definition) is 2. The third-order valence-corrected chi connectivity index (χ3v) is 3.73. The van der Waals surface area contributed by atoms with Gasteiger partial charge in [0, 0.05) is 13.1 Å². The number of unbranched alkanes of at least 4 members (excludes halogenated alkanes) is 3. The molecule has 0 bridgehead atoms. The molecule has 0 atom stereocenters. The van der Waals surface area contributed by atoms with Gasteiger partial charge in [0.1, 0.15) is 0 Å². The van der Waals surface area contributed by atoms with Crippen molar-refractivity contribution < 1.29 is 5.11 Å². The maximum atomic E-state index is 10.3. The Kier molecular flexibility index (Phi) is 11.6. The van der Waals surface area contributed by atoms with Crippen molar-refractivity contribution in [1.29, 1.82) is 0 Å². The summed E-state index contributed by atoms with van der Waals surface area (Å²) in [6.45, 7) is 6.64. The first-order chi connectivity index (χ1) is 9.20. The van der Waals surface area contributed by atoms with E-state index < -0.39 is 5.60 Å². The van der Waals surface area contributed by atoms with Gasteiger partial charge in [-0.1, -0.05) is 39.0 Å². The highest BCUT2D eigenvalue weighted by Gasteiger charge is 2.30. The second-order valence-corrected chi connectivity index (χ2v) is 5.61. The Morgan fingerprint density at radius 1 is 1.10 bits per heavy atom. The second kappa shape index (κ2) is 11.6. The van der Waals surface area contributed by atoms with Crippen LogP contribution >= 0.6 is 24.0 Å². The van der Waals surface area contributed by atoms with Crippen molar-refractivity contribution in [3.63, 3.8) is 0 Å². The molecule has 0 unspecified atom stereocenters. The van der Waals surface area contributed by atoms with Gasteiger partial charge in [-0.25, -0.2) is 0 Å². The Morgan fingerprint density at radius 2 is 1.80 bits per heavy atom. The molecule has 3 N–H and O–H groups in total. The minimum Gasteiger partial charge on any atom is -0.388 e. The van der Waals surface area contributed by atoms with Crippen LogP contribution in [-0.2, 0) is 0 Å². The van der Waals surface area contributed by atoms with Gasteiger partial charge >= 0.3 is 0 Å². The molecule has 0 aliphatic heterocycles. The molecule has 0 spiro atoms. The van der Waals surface area contributed by atoms with E-state index in [-0.39, 0.29) is 24.0 Å². The number of aliphatic imine (C=N–C) groups is 1. The lowest BCUT2D eigenvalue weighted by Crippen LogP contribution is -2.39. The molecule has 0 saturated heterocycles. The van der Waals surface area contributed by atoms with Gasteiger partial charge in [0.2, 0.25) is 0 Å². The van der Waals surface area contributed by atoms with Crippen LogP contribution in [0.2, 0.25) is 0 Å². The lowest BCUT2D eigenvalue weighted by Gasteiger charge is -2.20. The molecule has 0 aromatic heterocycles. The van der Waals surface area contributed by atoms with E-state index in [1.54, 1.807) is 0 Å². The molecule has 1 aliphatic carbocycles. The maximum absolute atomic E-state index is 10.3. The van der Waals surface area contributed by atoms with E-state index in [0.29, 0.717) is 6.54 Å². The average Bonchev–Trinajstić information content (AvgIpc) is 2.83. The lowest BCUT2D eigenvalue weighted by atomic mass is 10.0. The van der Waals surface area contributed by atoms with Crippen LogP contribution in [0.4, 0.5) is 0 Å². The Hall–Kier alpha value is -0.0400. The van der Waals surface area contributed by atoms with E-state index in [4.69, 9.17) is 0 Å². The van der Waals surface area contributed by atoms with E-state index in [1.165, 1.54) is 25.7 Å². The van der Waals surface area contributed by atoms with Crippen molar-refractivity contribution >= 4 is 29.9 Å². The smallest absolute Gasteiger partial charge is 0.191 e. The van der Waals surface area contributed by atoms with Gasteiger partial charge in [-0.3, -0.25) is 4.99 Å². The topological polar surface area (TPSA) is 56.7 Å². The van der Waals surface area contributed by atoms with Gasteiger partial charge in [-0.15, -0.1) is 24.0 Å². The molecule has 1 rings (SSSR count). The van der Waals surface area contributed by atoms with Crippen LogP contribution in [0.15, 0.2) is 4.99 Å². The quantitative estimate of drug-likeness (QED) is 0.255. The molecular formula is C15H32IN3O. The van der Waals surface area contributed by atoms with E-state index in [0.717, 1.165) is 44.7 Å². The summed E-state index contributed by atoms with van der Waals surface area (Å²) < 4.78 is 0. The predicted molar refractivity (Wildman–Crippen MR) is 97.0 cm³/mol. The average molecular weight is 397 g/mol. The fourth-order valence-electron chi connectivity index (χ4n) is 2.52. The van der Waals surface area contributed by atoms with Crippen molar-refractivity contribution in [3.05, 3.63) is 0 Å². The fourth-order valence-corrected chi connectivity index (χ4v) is 2.52. The lowest BCUT2D eigenvalue weighted by molar-refractivity contribution is 0.0574. The minimum absolute atomic E-state index is 0. The van der Waals surface area contributed by atoms with Crippen LogP contribution in [0.5, 0.6) is 0 Å². The largest absolute Gasteiger partial charge is 0.388 e. The molecule has 1 saturated carbocycles. The molecule has 120 valence electrons. The van der Waals surface area contributed by atoms with E-state index in [9.17, 15) is 5.11 Å². The van der Waals surface area contributed by atoms with Gasteiger partial charge in [0.25, 0.3) is 0 Å². The molecule has 20 heavy (non-hydrogen) atoms. The summed E-state index contributed by atoms with van der Waals surface area (Å²) in [6.07, 6.45) is 9.07. The van der Waals surface area contributed by atoms with E-state index in [1.807, 2.05) is 0 Å². The van der Waals surface area contributed by atoms with Crippen molar-refractivity contribution in [1.82, 2.24) is 10.6 Å². The van der Waals surface area contributed by atoms with Crippen LogP contribution < -0.4 is 10.6 Å². The molecule has 0 heterocycles. The number of guanidine groups is 1.